The second-order valence-electron chi connectivity index (χ2n) is 10.1. The number of anilines is 1. The summed E-state index contributed by atoms with van der Waals surface area (Å²) in [6.45, 7) is 7.04. The number of rotatable bonds is 6. The number of ether oxygens (including phenoxy) is 1. The highest BCUT2D eigenvalue weighted by Crippen LogP contribution is 2.45. The molecule has 186 valence electrons. The van der Waals surface area contributed by atoms with Gasteiger partial charge in [-0.05, 0) is 56.2 Å². The fraction of sp³-hybridized carbons (Fsp3) is 0.423. The van der Waals surface area contributed by atoms with Gasteiger partial charge in [-0.3, -0.25) is 4.79 Å². The van der Waals surface area contributed by atoms with Crippen molar-refractivity contribution >= 4 is 23.7 Å². The molecular weight excluding hydrogens is 451 g/mol. The van der Waals surface area contributed by atoms with Gasteiger partial charge in [0.25, 0.3) is 0 Å². The average Bonchev–Trinajstić information content (AvgIpc) is 3.21. The molecule has 2 aromatic carbocycles. The molecule has 4 amide bonds. The van der Waals surface area contributed by atoms with Crippen LogP contribution < -0.4 is 16.0 Å². The van der Waals surface area contributed by atoms with Crippen molar-refractivity contribution in [2.45, 2.75) is 45.4 Å². The summed E-state index contributed by atoms with van der Waals surface area (Å²) in [6, 6.07) is 12.8. The first-order valence-corrected chi connectivity index (χ1v) is 11.7. The van der Waals surface area contributed by atoms with Crippen LogP contribution in [0.5, 0.6) is 0 Å². The van der Waals surface area contributed by atoms with Crippen molar-refractivity contribution in [3.63, 3.8) is 0 Å². The van der Waals surface area contributed by atoms with Crippen molar-refractivity contribution < 1.29 is 23.5 Å². The van der Waals surface area contributed by atoms with Crippen molar-refractivity contribution in [2.75, 3.05) is 18.4 Å². The lowest BCUT2D eigenvalue weighted by Gasteiger charge is -2.22. The Morgan fingerprint density at radius 1 is 0.971 bits per heavy atom. The van der Waals surface area contributed by atoms with Crippen LogP contribution in [-0.2, 0) is 22.5 Å². The average molecular weight is 483 g/mol. The summed E-state index contributed by atoms with van der Waals surface area (Å²) in [5.74, 6) is 0.293. The number of urea groups is 1. The maximum absolute atomic E-state index is 13.0. The first-order valence-electron chi connectivity index (χ1n) is 11.7. The monoisotopic (exact) mass is 482 g/mol. The van der Waals surface area contributed by atoms with E-state index >= 15 is 0 Å². The Labute approximate surface area is 204 Å². The first-order chi connectivity index (χ1) is 16.6. The highest BCUT2D eigenvalue weighted by molar-refractivity contribution is 5.89. The van der Waals surface area contributed by atoms with Crippen LogP contribution in [0.4, 0.5) is 19.7 Å². The van der Waals surface area contributed by atoms with Gasteiger partial charge in [-0.15, -0.1) is 0 Å². The van der Waals surface area contributed by atoms with E-state index in [9.17, 15) is 18.8 Å². The largest absolute Gasteiger partial charge is 0.444 e. The van der Waals surface area contributed by atoms with Crippen LogP contribution in [0.3, 0.4) is 0 Å². The number of carbonyl (C=O) groups excluding carboxylic acids is 3. The lowest BCUT2D eigenvalue weighted by atomic mass is 10.1. The van der Waals surface area contributed by atoms with Gasteiger partial charge in [0.2, 0.25) is 5.91 Å². The predicted molar refractivity (Wildman–Crippen MR) is 129 cm³/mol. The minimum Gasteiger partial charge on any atom is -0.444 e. The van der Waals surface area contributed by atoms with E-state index < -0.39 is 11.7 Å². The minimum atomic E-state index is -0.533. The molecule has 2 aliphatic rings. The molecule has 0 spiro atoms. The molecule has 0 radical (unpaired) electrons. The zero-order chi connectivity index (χ0) is 25.2. The van der Waals surface area contributed by atoms with Crippen LogP contribution in [0.1, 0.15) is 31.9 Å². The Balaban J connectivity index is 1.18. The van der Waals surface area contributed by atoms with Crippen molar-refractivity contribution in [1.29, 1.82) is 0 Å². The third kappa shape index (κ3) is 6.71. The molecule has 0 aromatic heterocycles. The van der Waals surface area contributed by atoms with Gasteiger partial charge in [0, 0.05) is 43.2 Å². The highest BCUT2D eigenvalue weighted by Gasteiger charge is 2.57. The van der Waals surface area contributed by atoms with E-state index in [1.54, 1.807) is 24.3 Å². The van der Waals surface area contributed by atoms with Crippen LogP contribution in [0, 0.1) is 17.7 Å². The Kier molecular flexibility index (Phi) is 6.95. The molecule has 1 heterocycles. The highest BCUT2D eigenvalue weighted by atomic mass is 19.1. The summed E-state index contributed by atoms with van der Waals surface area (Å²) in [5, 5.41) is 8.37. The molecule has 0 bridgehead atoms. The number of halogens is 1. The Morgan fingerprint density at radius 3 is 2.17 bits per heavy atom. The summed E-state index contributed by atoms with van der Waals surface area (Å²) in [4.78, 5) is 38.6. The standard InChI is InChI=1S/C26H31FN4O4/c1-26(2,3)35-25(34)30-23-20-14-31(15-21(20)23)22(32)12-16-6-10-19(11-7-16)29-24(33)28-13-17-4-8-18(27)9-5-17/h4-11,20-21,23H,12-15H2,1-3H3,(H,30,34)(H2,28,29,33)/t20-,21+,23?. The first kappa shape index (κ1) is 24.5. The number of carbonyl (C=O) groups is 3. The van der Waals surface area contributed by atoms with E-state index in [0.717, 1.165) is 11.1 Å². The molecule has 1 unspecified atom stereocenters. The summed E-state index contributed by atoms with van der Waals surface area (Å²) in [6.07, 6.45) is -0.131. The molecule has 8 nitrogen and oxygen atoms in total. The van der Waals surface area contributed by atoms with Crippen LogP contribution in [-0.4, -0.2) is 47.7 Å². The number of nitrogens with one attached hydrogen (secondary N) is 3. The van der Waals surface area contributed by atoms with E-state index in [2.05, 4.69) is 16.0 Å². The quantitative estimate of drug-likeness (QED) is 0.585. The number of nitrogens with zero attached hydrogens (tertiary/aromatic N) is 1. The van der Waals surface area contributed by atoms with Gasteiger partial charge in [0.05, 0.1) is 6.42 Å². The van der Waals surface area contributed by atoms with Gasteiger partial charge in [0.15, 0.2) is 0 Å². The van der Waals surface area contributed by atoms with Gasteiger partial charge < -0.3 is 25.6 Å². The molecule has 35 heavy (non-hydrogen) atoms. The molecule has 1 aliphatic carbocycles. The van der Waals surface area contributed by atoms with Gasteiger partial charge in [-0.1, -0.05) is 24.3 Å². The normalized spacial score (nSPS) is 20.6. The molecule has 4 rings (SSSR count). The lowest BCUT2D eigenvalue weighted by molar-refractivity contribution is -0.130. The number of alkyl carbamates (subject to hydrolysis) is 1. The van der Waals surface area contributed by atoms with Crippen LogP contribution in [0.25, 0.3) is 0 Å². The van der Waals surface area contributed by atoms with Crippen molar-refractivity contribution in [2.24, 2.45) is 11.8 Å². The zero-order valence-electron chi connectivity index (χ0n) is 20.1. The third-order valence-corrected chi connectivity index (χ3v) is 6.16. The maximum atomic E-state index is 13.0. The zero-order valence-corrected chi connectivity index (χ0v) is 20.1. The smallest absolute Gasteiger partial charge is 0.407 e. The second-order valence-corrected chi connectivity index (χ2v) is 10.1. The molecule has 9 heteroatoms. The Bertz CT molecular complexity index is 1070. The summed E-state index contributed by atoms with van der Waals surface area (Å²) in [5.41, 5.74) is 1.73. The fourth-order valence-electron chi connectivity index (χ4n) is 4.34. The summed E-state index contributed by atoms with van der Waals surface area (Å²) < 4.78 is 18.3. The molecule has 3 N–H and O–H groups in total. The number of benzene rings is 2. The summed E-state index contributed by atoms with van der Waals surface area (Å²) in [7, 11) is 0. The maximum Gasteiger partial charge on any atom is 0.407 e. The number of likely N-dealkylation sites (tertiary alicyclic amines) is 1. The predicted octanol–water partition coefficient (Wildman–Crippen LogP) is 3.67. The van der Waals surface area contributed by atoms with Crippen molar-refractivity contribution in [3.8, 4) is 0 Å². The SMILES string of the molecule is CC(C)(C)OC(=O)NC1[C@H]2CN(C(=O)Cc3ccc(NC(=O)NCc4ccc(F)cc4)cc3)C[C@@H]12. The van der Waals surface area contributed by atoms with Gasteiger partial charge >= 0.3 is 12.1 Å². The molecule has 2 aromatic rings. The number of hydrogen-bond acceptors (Lipinski definition) is 4. The molecule has 1 saturated carbocycles. The van der Waals surface area contributed by atoms with Crippen molar-refractivity contribution in [1.82, 2.24) is 15.5 Å². The van der Waals surface area contributed by atoms with Crippen LogP contribution >= 0.6 is 0 Å². The Hall–Kier alpha value is -3.62. The van der Waals surface area contributed by atoms with Gasteiger partial charge in [0.1, 0.15) is 11.4 Å². The van der Waals surface area contributed by atoms with E-state index in [4.69, 9.17) is 4.74 Å². The van der Waals surface area contributed by atoms with E-state index in [-0.39, 0.29) is 48.6 Å². The molecule has 3 atom stereocenters. The second kappa shape index (κ2) is 9.93. The molecule has 2 fully saturated rings. The lowest BCUT2D eigenvalue weighted by Crippen LogP contribution is -2.40. The molecule has 1 saturated heterocycles. The van der Waals surface area contributed by atoms with E-state index in [0.29, 0.717) is 18.8 Å². The third-order valence-electron chi connectivity index (χ3n) is 6.16. The Morgan fingerprint density at radius 2 is 1.57 bits per heavy atom. The number of piperidine rings is 1. The van der Waals surface area contributed by atoms with Crippen LogP contribution in [0.2, 0.25) is 0 Å². The van der Waals surface area contributed by atoms with E-state index in [1.807, 2.05) is 37.8 Å². The topological polar surface area (TPSA) is 99.8 Å². The van der Waals surface area contributed by atoms with Gasteiger partial charge in [-0.25, -0.2) is 14.0 Å². The van der Waals surface area contributed by atoms with E-state index in [1.165, 1.54) is 12.1 Å². The minimum absolute atomic E-state index is 0.0472. The molecule has 1 aliphatic heterocycles. The number of fused-ring (bicyclic) bond motifs is 1. The van der Waals surface area contributed by atoms with Crippen LogP contribution in [0.15, 0.2) is 48.5 Å². The number of hydrogen-bond donors (Lipinski definition) is 3. The fourth-order valence-corrected chi connectivity index (χ4v) is 4.34. The number of amides is 4. The van der Waals surface area contributed by atoms with Crippen molar-refractivity contribution in [3.05, 3.63) is 65.5 Å². The summed E-state index contributed by atoms with van der Waals surface area (Å²) >= 11 is 0. The van der Waals surface area contributed by atoms with Gasteiger partial charge in [-0.2, -0.15) is 0 Å². The molecular formula is C26H31FN4O4.